The van der Waals surface area contributed by atoms with Gasteiger partial charge in [0.2, 0.25) is 5.82 Å². The van der Waals surface area contributed by atoms with E-state index in [4.69, 9.17) is 9.26 Å². The molecule has 1 unspecified atom stereocenters. The predicted molar refractivity (Wildman–Crippen MR) is 60.1 cm³/mol. The lowest BCUT2D eigenvalue weighted by atomic mass is 9.88. The fourth-order valence-electron chi connectivity index (χ4n) is 1.65. The van der Waals surface area contributed by atoms with Crippen molar-refractivity contribution in [3.05, 3.63) is 5.82 Å². The first kappa shape index (κ1) is 11.4. The van der Waals surface area contributed by atoms with Gasteiger partial charge in [-0.25, -0.2) is 0 Å². The molecule has 90 valence electrons. The first-order valence-corrected chi connectivity index (χ1v) is 5.63. The first-order chi connectivity index (χ1) is 7.50. The Bertz CT molecular complexity index is 352. The van der Waals surface area contributed by atoms with Crippen LogP contribution in [-0.4, -0.2) is 23.3 Å². The second kappa shape index (κ2) is 4.05. The Morgan fingerprint density at radius 2 is 2.12 bits per heavy atom. The summed E-state index contributed by atoms with van der Waals surface area (Å²) in [6.07, 6.45) is 2.22. The van der Waals surface area contributed by atoms with Gasteiger partial charge >= 0.3 is 6.01 Å². The zero-order chi connectivity index (χ0) is 11.8. The molecule has 5 heteroatoms. The van der Waals surface area contributed by atoms with Crippen molar-refractivity contribution in [1.29, 1.82) is 0 Å². The minimum atomic E-state index is -0.147. The van der Waals surface area contributed by atoms with Crippen LogP contribution in [-0.2, 0) is 4.74 Å². The van der Waals surface area contributed by atoms with Crippen molar-refractivity contribution >= 4 is 6.01 Å². The van der Waals surface area contributed by atoms with Crippen molar-refractivity contribution < 1.29 is 9.26 Å². The summed E-state index contributed by atoms with van der Waals surface area (Å²) in [7, 11) is 1.67. The van der Waals surface area contributed by atoms with Gasteiger partial charge < -0.3 is 14.6 Å². The van der Waals surface area contributed by atoms with E-state index < -0.39 is 0 Å². The van der Waals surface area contributed by atoms with Crippen LogP contribution in [0.3, 0.4) is 0 Å². The Hall–Kier alpha value is -1.10. The summed E-state index contributed by atoms with van der Waals surface area (Å²) in [6.45, 7) is 6.27. The molecule has 0 saturated heterocycles. The molecule has 0 radical (unpaired) electrons. The monoisotopic (exact) mass is 225 g/mol. The van der Waals surface area contributed by atoms with Gasteiger partial charge in [0.25, 0.3) is 0 Å². The third-order valence-corrected chi connectivity index (χ3v) is 2.60. The molecule has 1 aromatic rings. The number of aromatic nitrogens is 2. The van der Waals surface area contributed by atoms with E-state index in [1.165, 1.54) is 12.8 Å². The third kappa shape index (κ3) is 2.52. The number of nitrogens with one attached hydrogen (secondary N) is 1. The topological polar surface area (TPSA) is 60.2 Å². The lowest BCUT2D eigenvalue weighted by Gasteiger charge is -2.26. The van der Waals surface area contributed by atoms with E-state index in [2.05, 4.69) is 36.2 Å². The summed E-state index contributed by atoms with van der Waals surface area (Å²) < 4.78 is 10.6. The summed E-state index contributed by atoms with van der Waals surface area (Å²) in [5.41, 5.74) is -0.0462. The van der Waals surface area contributed by atoms with Crippen molar-refractivity contribution in [2.24, 2.45) is 5.41 Å². The van der Waals surface area contributed by atoms with E-state index in [1.807, 2.05) is 0 Å². The molecule has 1 aliphatic carbocycles. The zero-order valence-electron chi connectivity index (χ0n) is 10.3. The summed E-state index contributed by atoms with van der Waals surface area (Å²) in [4.78, 5) is 4.31. The number of hydrogen-bond donors (Lipinski definition) is 1. The van der Waals surface area contributed by atoms with Crippen LogP contribution in [0, 0.1) is 5.41 Å². The van der Waals surface area contributed by atoms with E-state index in [9.17, 15) is 0 Å². The zero-order valence-corrected chi connectivity index (χ0v) is 10.3. The fourth-order valence-corrected chi connectivity index (χ4v) is 1.65. The largest absolute Gasteiger partial charge is 0.373 e. The van der Waals surface area contributed by atoms with Crippen LogP contribution in [0.1, 0.15) is 45.5 Å². The van der Waals surface area contributed by atoms with Gasteiger partial charge in [0, 0.05) is 13.2 Å². The van der Waals surface area contributed by atoms with Crippen LogP contribution >= 0.6 is 0 Å². The van der Waals surface area contributed by atoms with E-state index in [1.54, 1.807) is 7.11 Å². The second-order valence-electron chi connectivity index (χ2n) is 5.36. The first-order valence-electron chi connectivity index (χ1n) is 5.63. The van der Waals surface area contributed by atoms with Crippen molar-refractivity contribution in [3.8, 4) is 0 Å². The SMILES string of the molecule is COC(c1noc(NC2CC2)n1)C(C)(C)C. The number of anilines is 1. The molecule has 1 fully saturated rings. The third-order valence-electron chi connectivity index (χ3n) is 2.60. The Balaban J connectivity index is 2.09. The minimum absolute atomic E-state index is 0.0462. The molecule has 0 aromatic carbocycles. The molecule has 1 atom stereocenters. The maximum absolute atomic E-state index is 5.42. The van der Waals surface area contributed by atoms with Crippen LogP contribution in [0.15, 0.2) is 4.52 Å². The van der Waals surface area contributed by atoms with Gasteiger partial charge in [0.15, 0.2) is 0 Å². The van der Waals surface area contributed by atoms with Gasteiger partial charge in [-0.2, -0.15) is 4.98 Å². The number of hydrogen-bond acceptors (Lipinski definition) is 5. The number of methoxy groups -OCH3 is 1. The van der Waals surface area contributed by atoms with Gasteiger partial charge in [-0.1, -0.05) is 25.9 Å². The Morgan fingerprint density at radius 1 is 1.44 bits per heavy atom. The van der Waals surface area contributed by atoms with Gasteiger partial charge in [-0.3, -0.25) is 0 Å². The highest BCUT2D eigenvalue weighted by atomic mass is 16.5. The molecule has 0 amide bonds. The van der Waals surface area contributed by atoms with Gasteiger partial charge in [0.05, 0.1) is 0 Å². The molecule has 1 saturated carbocycles. The Morgan fingerprint density at radius 3 is 2.62 bits per heavy atom. The normalized spacial score (nSPS) is 18.5. The smallest absolute Gasteiger partial charge is 0.321 e. The average Bonchev–Trinajstić information content (AvgIpc) is 2.85. The highest BCUT2D eigenvalue weighted by Gasteiger charge is 2.31. The second-order valence-corrected chi connectivity index (χ2v) is 5.36. The lowest BCUT2D eigenvalue weighted by Crippen LogP contribution is -2.21. The highest BCUT2D eigenvalue weighted by Crippen LogP contribution is 2.34. The van der Waals surface area contributed by atoms with Crippen molar-refractivity contribution in [2.45, 2.75) is 45.8 Å². The van der Waals surface area contributed by atoms with E-state index in [0.717, 1.165) is 0 Å². The molecule has 0 aliphatic heterocycles. The molecule has 2 rings (SSSR count). The van der Waals surface area contributed by atoms with Crippen LogP contribution in [0.2, 0.25) is 0 Å². The molecule has 0 spiro atoms. The van der Waals surface area contributed by atoms with Crippen molar-refractivity contribution in [1.82, 2.24) is 10.1 Å². The summed E-state index contributed by atoms with van der Waals surface area (Å²) in [5, 5.41) is 7.13. The molecule has 1 aromatic heterocycles. The van der Waals surface area contributed by atoms with E-state index in [-0.39, 0.29) is 11.5 Å². The maximum atomic E-state index is 5.42. The highest BCUT2D eigenvalue weighted by molar-refractivity contribution is 5.24. The number of nitrogens with zero attached hydrogens (tertiary/aromatic N) is 2. The van der Waals surface area contributed by atoms with Crippen LogP contribution in [0.5, 0.6) is 0 Å². The number of rotatable bonds is 4. The standard InChI is InChI=1S/C11H19N3O2/c1-11(2,3)8(15-4)9-13-10(16-14-9)12-7-5-6-7/h7-8H,5-6H2,1-4H3,(H,12,13,14). The van der Waals surface area contributed by atoms with Crippen molar-refractivity contribution in [3.63, 3.8) is 0 Å². The summed E-state index contributed by atoms with van der Waals surface area (Å²) >= 11 is 0. The average molecular weight is 225 g/mol. The quantitative estimate of drug-likeness (QED) is 0.852. The van der Waals surface area contributed by atoms with Crippen LogP contribution in [0.4, 0.5) is 6.01 Å². The van der Waals surface area contributed by atoms with E-state index >= 15 is 0 Å². The van der Waals surface area contributed by atoms with Crippen molar-refractivity contribution in [2.75, 3.05) is 12.4 Å². The van der Waals surface area contributed by atoms with Gasteiger partial charge in [-0.05, 0) is 18.3 Å². The Labute approximate surface area is 95.6 Å². The minimum Gasteiger partial charge on any atom is -0.373 e. The molecule has 1 aliphatic rings. The molecular weight excluding hydrogens is 206 g/mol. The number of ether oxygens (including phenoxy) is 1. The predicted octanol–water partition coefficient (Wildman–Crippen LogP) is 2.38. The van der Waals surface area contributed by atoms with Crippen LogP contribution in [0.25, 0.3) is 0 Å². The van der Waals surface area contributed by atoms with E-state index in [0.29, 0.717) is 17.9 Å². The van der Waals surface area contributed by atoms with Crippen LogP contribution < -0.4 is 5.32 Å². The molecular formula is C11H19N3O2. The van der Waals surface area contributed by atoms with Gasteiger partial charge in [-0.15, -0.1) is 0 Å². The lowest BCUT2D eigenvalue weighted by molar-refractivity contribution is 0.00718. The Kier molecular flexibility index (Phi) is 2.88. The molecule has 1 heterocycles. The molecule has 5 nitrogen and oxygen atoms in total. The molecule has 0 bridgehead atoms. The molecule has 1 N–H and O–H groups in total. The fraction of sp³-hybridized carbons (Fsp3) is 0.818. The van der Waals surface area contributed by atoms with Gasteiger partial charge in [0.1, 0.15) is 6.10 Å². The maximum Gasteiger partial charge on any atom is 0.321 e. The summed E-state index contributed by atoms with van der Waals surface area (Å²) in [5.74, 6) is 0.609. The molecule has 16 heavy (non-hydrogen) atoms. The summed E-state index contributed by atoms with van der Waals surface area (Å²) in [6, 6.07) is 1.02.